The lowest BCUT2D eigenvalue weighted by Gasteiger charge is -2.36. The number of benzene rings is 1. The topological polar surface area (TPSA) is 68.3 Å². The second-order valence-corrected chi connectivity index (χ2v) is 9.03. The molecule has 5 heteroatoms. The zero-order valence-electron chi connectivity index (χ0n) is 18.3. The maximum absolute atomic E-state index is 13.5. The highest BCUT2D eigenvalue weighted by Gasteiger charge is 2.42. The van der Waals surface area contributed by atoms with Gasteiger partial charge in [0.05, 0.1) is 5.57 Å². The minimum absolute atomic E-state index is 0.0303. The molecule has 0 amide bonds. The third-order valence-electron chi connectivity index (χ3n) is 6.91. The molecular formula is C27H28N2O3. The monoisotopic (exact) mass is 428 g/mol. The van der Waals surface area contributed by atoms with Crippen molar-refractivity contribution in [2.24, 2.45) is 0 Å². The van der Waals surface area contributed by atoms with E-state index in [0.29, 0.717) is 17.6 Å². The van der Waals surface area contributed by atoms with Gasteiger partial charge in [-0.3, -0.25) is 9.78 Å². The number of Topliss-reactive ketones (excluding diaryl/α,β-unsaturated/α-hetero) is 1. The molecule has 5 nitrogen and oxygen atoms in total. The minimum Gasteiger partial charge on any atom is -0.459 e. The average Bonchev–Trinajstić information content (AvgIpc) is 3.32. The first-order valence-corrected chi connectivity index (χ1v) is 11.5. The van der Waals surface area contributed by atoms with E-state index < -0.39 is 5.92 Å². The Labute approximate surface area is 188 Å². The fourth-order valence-electron chi connectivity index (χ4n) is 5.37. The Morgan fingerprint density at radius 2 is 1.78 bits per heavy atom. The second kappa shape index (κ2) is 8.73. The van der Waals surface area contributed by atoms with Crippen molar-refractivity contribution in [1.29, 1.82) is 0 Å². The van der Waals surface area contributed by atoms with Crippen molar-refractivity contribution in [1.82, 2.24) is 10.3 Å². The molecule has 1 aliphatic heterocycles. The van der Waals surface area contributed by atoms with Gasteiger partial charge in [0.2, 0.25) is 0 Å². The molecule has 32 heavy (non-hydrogen) atoms. The lowest BCUT2D eigenvalue weighted by Crippen LogP contribution is -2.36. The van der Waals surface area contributed by atoms with Crippen molar-refractivity contribution in [3.8, 4) is 0 Å². The van der Waals surface area contributed by atoms with Crippen LogP contribution in [0.5, 0.6) is 0 Å². The smallest absolute Gasteiger partial charge is 0.337 e. The fourth-order valence-corrected chi connectivity index (χ4v) is 5.37. The first kappa shape index (κ1) is 20.7. The van der Waals surface area contributed by atoms with Gasteiger partial charge in [0.1, 0.15) is 6.10 Å². The number of rotatable bonds is 4. The van der Waals surface area contributed by atoms with Crippen LogP contribution >= 0.6 is 0 Å². The molecule has 0 unspecified atom stereocenters. The fraction of sp³-hybridized carbons (Fsp3) is 0.370. The highest BCUT2D eigenvalue weighted by Crippen LogP contribution is 2.45. The summed E-state index contributed by atoms with van der Waals surface area (Å²) in [4.78, 5) is 31.1. The number of hydrogen-bond acceptors (Lipinski definition) is 5. The van der Waals surface area contributed by atoms with Crippen LogP contribution in [-0.4, -0.2) is 22.8 Å². The number of nitrogens with one attached hydrogen (secondary N) is 1. The summed E-state index contributed by atoms with van der Waals surface area (Å²) in [7, 11) is 0. The minimum atomic E-state index is -0.446. The summed E-state index contributed by atoms with van der Waals surface area (Å²) in [6, 6.07) is 14.0. The van der Waals surface area contributed by atoms with Gasteiger partial charge in [0.25, 0.3) is 0 Å². The Hall–Kier alpha value is -3.21. The van der Waals surface area contributed by atoms with E-state index in [1.54, 1.807) is 12.4 Å². The number of aromatic nitrogens is 1. The first-order chi connectivity index (χ1) is 15.6. The number of carbonyl (C=O) groups is 2. The number of hydrogen-bond donors (Lipinski definition) is 1. The van der Waals surface area contributed by atoms with E-state index in [1.165, 1.54) is 5.56 Å². The molecule has 1 fully saturated rings. The first-order valence-electron chi connectivity index (χ1n) is 11.5. The Balaban J connectivity index is 1.53. The van der Waals surface area contributed by atoms with E-state index >= 15 is 0 Å². The third kappa shape index (κ3) is 3.88. The molecule has 0 spiro atoms. The number of ether oxygens (including phenoxy) is 1. The molecule has 1 saturated carbocycles. The highest BCUT2D eigenvalue weighted by atomic mass is 16.5. The maximum Gasteiger partial charge on any atom is 0.337 e. The molecule has 2 aromatic rings. The molecule has 2 aliphatic carbocycles. The van der Waals surface area contributed by atoms with E-state index in [4.69, 9.17) is 4.74 Å². The van der Waals surface area contributed by atoms with E-state index in [1.807, 2.05) is 37.3 Å². The summed E-state index contributed by atoms with van der Waals surface area (Å²) in [5, 5.41) is 3.42. The molecule has 0 saturated heterocycles. The number of pyridine rings is 1. The van der Waals surface area contributed by atoms with Gasteiger partial charge in [-0.15, -0.1) is 0 Å². The van der Waals surface area contributed by atoms with Gasteiger partial charge in [0, 0.05) is 41.7 Å². The van der Waals surface area contributed by atoms with Crippen molar-refractivity contribution >= 4 is 11.8 Å². The zero-order valence-corrected chi connectivity index (χ0v) is 18.3. The van der Waals surface area contributed by atoms with Crippen LogP contribution in [0.3, 0.4) is 0 Å². The predicted molar refractivity (Wildman–Crippen MR) is 122 cm³/mol. The number of allylic oxidation sites excluding steroid dienone is 3. The van der Waals surface area contributed by atoms with Crippen LogP contribution in [0.15, 0.2) is 77.4 Å². The maximum atomic E-state index is 13.5. The highest BCUT2D eigenvalue weighted by molar-refractivity contribution is 6.04. The van der Waals surface area contributed by atoms with Crippen LogP contribution in [-0.2, 0) is 14.3 Å². The lowest BCUT2D eigenvalue weighted by molar-refractivity contribution is -0.144. The summed E-state index contributed by atoms with van der Waals surface area (Å²) in [6.45, 7) is 1.91. The SMILES string of the molecule is CC1=C(C(=O)OC2CCCC2)[C@@H](c2cccnc2)C2=C(C[C@H](c3ccccc3)CC2=O)N1. The summed E-state index contributed by atoms with van der Waals surface area (Å²) in [5.41, 5.74) is 4.93. The van der Waals surface area contributed by atoms with Crippen molar-refractivity contribution in [2.45, 2.75) is 63.4 Å². The summed E-state index contributed by atoms with van der Waals surface area (Å²) in [5.74, 6) is -0.553. The summed E-state index contributed by atoms with van der Waals surface area (Å²) in [6.07, 6.45) is 8.62. The molecule has 3 aliphatic rings. The Bertz CT molecular complexity index is 1080. The average molecular weight is 429 g/mol. The number of carbonyl (C=O) groups excluding carboxylic acids is 2. The second-order valence-electron chi connectivity index (χ2n) is 9.03. The number of dihydropyridines is 1. The molecule has 1 aromatic heterocycles. The molecule has 0 radical (unpaired) electrons. The molecule has 1 aromatic carbocycles. The van der Waals surface area contributed by atoms with E-state index in [-0.39, 0.29) is 23.8 Å². The summed E-state index contributed by atoms with van der Waals surface area (Å²) < 4.78 is 5.89. The van der Waals surface area contributed by atoms with E-state index in [2.05, 4.69) is 22.4 Å². The molecule has 2 heterocycles. The van der Waals surface area contributed by atoms with Crippen LogP contribution in [0.4, 0.5) is 0 Å². The lowest BCUT2D eigenvalue weighted by atomic mass is 9.72. The van der Waals surface area contributed by atoms with Crippen LogP contribution in [0, 0.1) is 0 Å². The molecule has 2 atom stereocenters. The van der Waals surface area contributed by atoms with Crippen LogP contribution < -0.4 is 5.32 Å². The number of ketones is 1. The molecule has 0 bridgehead atoms. The van der Waals surface area contributed by atoms with Gasteiger partial charge in [-0.2, -0.15) is 0 Å². The van der Waals surface area contributed by atoms with Crippen LogP contribution in [0.1, 0.15) is 68.4 Å². The molecule has 1 N–H and O–H groups in total. The van der Waals surface area contributed by atoms with Crippen molar-refractivity contribution in [3.05, 3.63) is 88.5 Å². The molecular weight excluding hydrogens is 400 g/mol. The normalized spacial score (nSPS) is 23.7. The van der Waals surface area contributed by atoms with Gasteiger partial charge >= 0.3 is 5.97 Å². The Kier molecular flexibility index (Phi) is 5.64. The van der Waals surface area contributed by atoms with Crippen molar-refractivity contribution < 1.29 is 14.3 Å². The molecule has 5 rings (SSSR count). The third-order valence-corrected chi connectivity index (χ3v) is 6.91. The molecule has 164 valence electrons. The van der Waals surface area contributed by atoms with Crippen molar-refractivity contribution in [2.75, 3.05) is 0 Å². The number of esters is 1. The van der Waals surface area contributed by atoms with Gasteiger partial charge in [-0.1, -0.05) is 36.4 Å². The number of nitrogens with zero attached hydrogens (tertiary/aromatic N) is 1. The van der Waals surface area contributed by atoms with Crippen LogP contribution in [0.25, 0.3) is 0 Å². The Morgan fingerprint density at radius 1 is 1.03 bits per heavy atom. The van der Waals surface area contributed by atoms with Gasteiger partial charge in [-0.25, -0.2) is 4.79 Å². The summed E-state index contributed by atoms with van der Waals surface area (Å²) >= 11 is 0. The standard InChI is InChI=1S/C27H28N2O3/c1-17-24(27(31)32-21-11-5-6-12-21)25(19-10-7-13-28-16-19)26-22(29-17)14-20(15-23(26)30)18-8-3-2-4-9-18/h2-4,7-10,13,16,20-21,25,29H,5-6,11-12,14-15H2,1H3/t20-,25+/m0/s1. The zero-order chi connectivity index (χ0) is 22.1. The van der Waals surface area contributed by atoms with Crippen molar-refractivity contribution in [3.63, 3.8) is 0 Å². The van der Waals surface area contributed by atoms with Gasteiger partial charge in [0.15, 0.2) is 5.78 Å². The van der Waals surface area contributed by atoms with Gasteiger partial charge < -0.3 is 10.1 Å². The largest absolute Gasteiger partial charge is 0.459 e. The predicted octanol–water partition coefficient (Wildman–Crippen LogP) is 4.93. The van der Waals surface area contributed by atoms with E-state index in [0.717, 1.165) is 49.1 Å². The van der Waals surface area contributed by atoms with Gasteiger partial charge in [-0.05, 0) is 62.1 Å². The quantitative estimate of drug-likeness (QED) is 0.700. The van der Waals surface area contributed by atoms with E-state index in [9.17, 15) is 9.59 Å². The van der Waals surface area contributed by atoms with Crippen LogP contribution in [0.2, 0.25) is 0 Å². The Morgan fingerprint density at radius 3 is 2.50 bits per heavy atom.